The van der Waals surface area contributed by atoms with E-state index >= 15 is 0 Å². The molecule has 9 nitrogen and oxygen atoms in total. The molecule has 1 unspecified atom stereocenters. The van der Waals surface area contributed by atoms with E-state index in [2.05, 4.69) is 25.3 Å². The van der Waals surface area contributed by atoms with Gasteiger partial charge >= 0.3 is 0 Å². The first-order valence-electron chi connectivity index (χ1n) is 12.5. The van der Waals surface area contributed by atoms with E-state index in [4.69, 9.17) is 4.74 Å². The summed E-state index contributed by atoms with van der Waals surface area (Å²) in [6.45, 7) is 8.78. The molecule has 0 amide bonds. The molecule has 39 heavy (non-hydrogen) atoms. The maximum Gasteiger partial charge on any atom is 0.281 e. The summed E-state index contributed by atoms with van der Waals surface area (Å²) >= 11 is 0. The summed E-state index contributed by atoms with van der Waals surface area (Å²) in [5.41, 5.74) is 2.56. The molecule has 0 aliphatic carbocycles. The number of H-pyrrole nitrogens is 1. The molecule has 0 radical (unpaired) electrons. The van der Waals surface area contributed by atoms with Crippen LogP contribution in [-0.4, -0.2) is 42.2 Å². The molecule has 2 N–H and O–H groups in total. The van der Waals surface area contributed by atoms with E-state index in [-0.39, 0.29) is 28.7 Å². The second-order valence-corrected chi connectivity index (χ2v) is 9.79. The van der Waals surface area contributed by atoms with E-state index in [1.807, 2.05) is 49.7 Å². The summed E-state index contributed by atoms with van der Waals surface area (Å²) in [5, 5.41) is 3.17. The zero-order valence-corrected chi connectivity index (χ0v) is 22.5. The Morgan fingerprint density at radius 3 is 2.38 bits per heavy atom. The fourth-order valence-corrected chi connectivity index (χ4v) is 4.47. The molecule has 0 bridgehead atoms. The van der Waals surface area contributed by atoms with Crippen LogP contribution in [0.5, 0.6) is 5.75 Å². The average Bonchev–Trinajstić information content (AvgIpc) is 3.52. The first-order valence-corrected chi connectivity index (χ1v) is 12.5. The van der Waals surface area contributed by atoms with Gasteiger partial charge in [0.05, 0.1) is 30.9 Å². The Labute approximate surface area is 223 Å². The topological polar surface area (TPSA) is 103 Å². The maximum absolute atomic E-state index is 14.4. The van der Waals surface area contributed by atoms with Crippen LogP contribution in [0.4, 0.5) is 14.7 Å². The van der Waals surface area contributed by atoms with Gasteiger partial charge in [0.1, 0.15) is 23.2 Å². The fraction of sp³-hybridized carbons (Fsp3) is 0.286. The SMILES string of the molecule is COc1cc(-c2nc3nc(NC(C)C)n(C(C)c4cc(F)c(C)c(F)c4)c(=O)c3[nH]2)ccc1-n1cnc(C)c1. The monoisotopic (exact) mass is 533 g/mol. The lowest BCUT2D eigenvalue weighted by Crippen LogP contribution is -2.30. The summed E-state index contributed by atoms with van der Waals surface area (Å²) in [6.07, 6.45) is 3.60. The number of hydrogen-bond acceptors (Lipinski definition) is 6. The predicted molar refractivity (Wildman–Crippen MR) is 146 cm³/mol. The Bertz CT molecular complexity index is 1730. The van der Waals surface area contributed by atoms with E-state index in [1.165, 1.54) is 23.6 Å². The number of anilines is 1. The Kier molecular flexibility index (Phi) is 6.67. The van der Waals surface area contributed by atoms with Gasteiger partial charge in [-0.1, -0.05) is 0 Å². The van der Waals surface area contributed by atoms with Crippen LogP contribution in [0.3, 0.4) is 0 Å². The molecule has 0 saturated carbocycles. The molecule has 0 spiro atoms. The third kappa shape index (κ3) is 4.75. The molecule has 11 heteroatoms. The van der Waals surface area contributed by atoms with E-state index in [0.29, 0.717) is 22.7 Å². The zero-order valence-electron chi connectivity index (χ0n) is 22.5. The quantitative estimate of drug-likeness (QED) is 0.294. The van der Waals surface area contributed by atoms with E-state index in [1.54, 1.807) is 20.4 Å². The van der Waals surface area contributed by atoms with Gasteiger partial charge in [-0.3, -0.25) is 9.36 Å². The van der Waals surface area contributed by atoms with Gasteiger partial charge in [0.15, 0.2) is 11.2 Å². The standard InChI is InChI=1S/C28H29F2N7O2/c1-14(2)32-28-35-26-24(27(38)37(28)17(5)19-9-20(29)16(4)21(30)10-19)33-25(34-26)18-7-8-22(23(11-18)39-6)36-12-15(3)31-13-36/h7-14,17H,1-6H3,(H,32,35)(H,33,34). The number of imidazole rings is 2. The minimum atomic E-state index is -0.718. The van der Waals surface area contributed by atoms with Crippen molar-refractivity contribution in [2.75, 3.05) is 12.4 Å². The number of fused-ring (bicyclic) bond motifs is 1. The normalized spacial score (nSPS) is 12.3. The summed E-state index contributed by atoms with van der Waals surface area (Å²) in [7, 11) is 1.58. The van der Waals surface area contributed by atoms with Crippen molar-refractivity contribution in [2.24, 2.45) is 0 Å². The Hall–Kier alpha value is -4.54. The molecule has 5 aromatic rings. The maximum atomic E-state index is 14.4. The van der Waals surface area contributed by atoms with Crippen LogP contribution in [0.1, 0.15) is 43.6 Å². The van der Waals surface area contributed by atoms with Crippen LogP contribution in [0.15, 0.2) is 47.7 Å². The van der Waals surface area contributed by atoms with Crippen LogP contribution in [-0.2, 0) is 0 Å². The van der Waals surface area contributed by atoms with Crippen LogP contribution in [0.25, 0.3) is 28.2 Å². The molecule has 3 heterocycles. The van der Waals surface area contributed by atoms with Crippen LogP contribution >= 0.6 is 0 Å². The van der Waals surface area contributed by atoms with Gasteiger partial charge in [-0.2, -0.15) is 4.98 Å². The van der Waals surface area contributed by atoms with Crippen molar-refractivity contribution in [3.63, 3.8) is 0 Å². The van der Waals surface area contributed by atoms with Crippen molar-refractivity contribution in [2.45, 2.75) is 46.7 Å². The fourth-order valence-electron chi connectivity index (χ4n) is 4.47. The zero-order chi connectivity index (χ0) is 28.0. The van der Waals surface area contributed by atoms with E-state index in [9.17, 15) is 13.6 Å². The summed E-state index contributed by atoms with van der Waals surface area (Å²) in [6, 6.07) is 7.25. The lowest BCUT2D eigenvalue weighted by atomic mass is 10.0. The molecule has 5 rings (SSSR count). The first kappa shape index (κ1) is 26.1. The van der Waals surface area contributed by atoms with Crippen molar-refractivity contribution < 1.29 is 13.5 Å². The van der Waals surface area contributed by atoms with Crippen LogP contribution in [0, 0.1) is 25.5 Å². The first-order chi connectivity index (χ1) is 18.6. The molecular formula is C28H29F2N7O2. The minimum Gasteiger partial charge on any atom is -0.495 e. The number of methoxy groups -OCH3 is 1. The number of nitrogens with one attached hydrogen (secondary N) is 2. The van der Waals surface area contributed by atoms with Gasteiger partial charge in [-0.25, -0.2) is 18.7 Å². The summed E-state index contributed by atoms with van der Waals surface area (Å²) in [4.78, 5) is 30.4. The molecule has 202 valence electrons. The second-order valence-electron chi connectivity index (χ2n) is 9.79. The lowest BCUT2D eigenvalue weighted by Gasteiger charge is -2.21. The number of nitrogens with zero attached hydrogens (tertiary/aromatic N) is 5. The van der Waals surface area contributed by atoms with E-state index < -0.39 is 23.2 Å². The molecule has 0 aliphatic rings. The minimum absolute atomic E-state index is 0.0682. The number of aryl methyl sites for hydroxylation is 1. The number of hydrogen-bond donors (Lipinski definition) is 2. The van der Waals surface area contributed by atoms with Crippen LogP contribution in [0.2, 0.25) is 0 Å². The Balaban J connectivity index is 1.64. The summed E-state index contributed by atoms with van der Waals surface area (Å²) < 4.78 is 37.6. The summed E-state index contributed by atoms with van der Waals surface area (Å²) in [5.74, 6) is -0.0869. The van der Waals surface area contributed by atoms with Crippen LogP contribution < -0.4 is 15.6 Å². The molecule has 3 aromatic heterocycles. The van der Waals surface area contributed by atoms with Crippen molar-refractivity contribution >= 4 is 17.1 Å². The number of halogens is 2. The highest BCUT2D eigenvalue weighted by Crippen LogP contribution is 2.30. The molecular weight excluding hydrogens is 504 g/mol. The molecule has 2 aromatic carbocycles. The second kappa shape index (κ2) is 9.97. The Morgan fingerprint density at radius 1 is 1.05 bits per heavy atom. The van der Waals surface area contributed by atoms with Gasteiger partial charge in [-0.05, 0) is 70.5 Å². The van der Waals surface area contributed by atoms with E-state index in [0.717, 1.165) is 11.4 Å². The highest BCUT2D eigenvalue weighted by molar-refractivity contribution is 5.77. The van der Waals surface area contributed by atoms with Gasteiger partial charge in [0.25, 0.3) is 5.56 Å². The third-order valence-corrected chi connectivity index (χ3v) is 6.59. The lowest BCUT2D eigenvalue weighted by molar-refractivity contribution is 0.413. The third-order valence-electron chi connectivity index (χ3n) is 6.59. The number of aromatic amines is 1. The van der Waals surface area contributed by atoms with Crippen molar-refractivity contribution in [3.05, 3.63) is 81.7 Å². The highest BCUT2D eigenvalue weighted by Gasteiger charge is 2.23. The highest BCUT2D eigenvalue weighted by atomic mass is 19.1. The molecule has 0 aliphatic heterocycles. The van der Waals surface area contributed by atoms with Gasteiger partial charge < -0.3 is 19.6 Å². The Morgan fingerprint density at radius 2 is 1.77 bits per heavy atom. The van der Waals surface area contributed by atoms with Crippen molar-refractivity contribution in [3.8, 4) is 22.8 Å². The van der Waals surface area contributed by atoms with Gasteiger partial charge in [-0.15, -0.1) is 0 Å². The van der Waals surface area contributed by atoms with Gasteiger partial charge in [0.2, 0.25) is 5.95 Å². The predicted octanol–water partition coefficient (Wildman–Crippen LogP) is 5.31. The average molecular weight is 534 g/mol. The number of benzene rings is 2. The number of rotatable bonds is 7. The van der Waals surface area contributed by atoms with Crippen molar-refractivity contribution in [1.29, 1.82) is 0 Å². The number of ether oxygens (including phenoxy) is 1. The van der Waals surface area contributed by atoms with Crippen molar-refractivity contribution in [1.82, 2.24) is 29.1 Å². The molecule has 0 fully saturated rings. The number of aromatic nitrogens is 6. The molecule has 1 atom stereocenters. The van der Waals surface area contributed by atoms with Gasteiger partial charge in [0, 0.05) is 23.4 Å². The largest absolute Gasteiger partial charge is 0.495 e. The smallest absolute Gasteiger partial charge is 0.281 e. The molecule has 0 saturated heterocycles.